The van der Waals surface area contributed by atoms with Crippen LogP contribution < -0.4 is 0 Å². The first-order valence-electron chi connectivity index (χ1n) is 16.0. The average Bonchev–Trinajstić information content (AvgIpc) is 3.58. The smallest absolute Gasteiger partial charge is 0.0253 e. The Labute approximate surface area is 315 Å². The number of rotatable bonds is 1. The van der Waals surface area contributed by atoms with Crippen LogP contribution in [-0.4, -0.2) is 4.21 Å². The minimum atomic E-state index is 0. The fourth-order valence-corrected chi connectivity index (χ4v) is 5.26. The van der Waals surface area contributed by atoms with Crippen molar-refractivity contribution in [3.05, 3.63) is 155 Å². The molecule has 0 radical (unpaired) electrons. The monoisotopic (exact) mass is 742 g/mol. The number of fused-ring (bicyclic) bond motifs is 3. The zero-order chi connectivity index (χ0) is 33.6. The van der Waals surface area contributed by atoms with Gasteiger partial charge in [-0.25, -0.2) is 5.57 Å². The van der Waals surface area contributed by atoms with Crippen LogP contribution in [0.4, 0.5) is 0 Å². The van der Waals surface area contributed by atoms with Crippen LogP contribution in [-0.2, 0) is 41.5 Å². The number of hydrogen-bond acceptors (Lipinski definition) is 0. The molecule has 47 heavy (non-hydrogen) atoms. The van der Waals surface area contributed by atoms with Gasteiger partial charge < -0.3 is 0 Å². The first-order chi connectivity index (χ1) is 21.3. The molecule has 1 unspecified atom stereocenters. The first kappa shape index (κ1) is 44.7. The third-order valence-electron chi connectivity index (χ3n) is 7.71. The van der Waals surface area contributed by atoms with E-state index in [1.807, 2.05) is 30.3 Å². The number of benzene rings is 4. The normalized spacial score (nSPS) is 13.7. The summed E-state index contributed by atoms with van der Waals surface area (Å²) in [5.74, 6) is 1.20. The molecule has 0 nitrogen and oxygen atoms in total. The van der Waals surface area contributed by atoms with E-state index in [4.69, 9.17) is 0 Å². The quantitative estimate of drug-likeness (QED) is 0.150. The number of allylic oxidation sites excluding steroid dienone is 4. The minimum Gasteiger partial charge on any atom is -0.179 e. The Bertz CT molecular complexity index is 1410. The van der Waals surface area contributed by atoms with Gasteiger partial charge in [0.2, 0.25) is 0 Å². The van der Waals surface area contributed by atoms with Gasteiger partial charge in [0, 0.05) is 0 Å². The van der Waals surface area contributed by atoms with Crippen molar-refractivity contribution in [2.24, 2.45) is 11.8 Å². The fourth-order valence-electron chi connectivity index (χ4n) is 5.26. The van der Waals surface area contributed by atoms with Gasteiger partial charge in [-0.15, -0.1) is 30.4 Å². The molecule has 0 spiro atoms. The summed E-state index contributed by atoms with van der Waals surface area (Å²) in [4.78, 5) is 0. The summed E-state index contributed by atoms with van der Waals surface area (Å²) in [6, 6.07) is 40.4. The topological polar surface area (TPSA) is 0 Å². The maximum absolute atomic E-state index is 3.37. The molecular formula is C44H54Cl2Zr-4. The molecule has 0 fully saturated rings. The van der Waals surface area contributed by atoms with Crippen LogP contribution in [0, 0.1) is 36.1 Å². The predicted octanol–water partition coefficient (Wildman–Crippen LogP) is 12.4. The summed E-state index contributed by atoms with van der Waals surface area (Å²) >= 11 is 1.30. The van der Waals surface area contributed by atoms with Gasteiger partial charge >= 0.3 is 28.4 Å². The molecule has 4 aromatic carbocycles. The second-order valence-electron chi connectivity index (χ2n) is 13.8. The molecule has 0 aromatic heterocycles. The van der Waals surface area contributed by atoms with Gasteiger partial charge in [-0.05, 0) is 17.3 Å². The second-order valence-corrected chi connectivity index (χ2v) is 13.8. The summed E-state index contributed by atoms with van der Waals surface area (Å²) < 4.78 is 3.34. The molecule has 0 bridgehead atoms. The van der Waals surface area contributed by atoms with Crippen LogP contribution >= 0.6 is 24.8 Å². The van der Waals surface area contributed by atoms with Crippen molar-refractivity contribution in [1.29, 1.82) is 0 Å². The van der Waals surface area contributed by atoms with E-state index in [1.54, 1.807) is 0 Å². The van der Waals surface area contributed by atoms with Crippen molar-refractivity contribution < 1.29 is 24.2 Å². The summed E-state index contributed by atoms with van der Waals surface area (Å²) in [5.41, 5.74) is 11.6. The van der Waals surface area contributed by atoms with Crippen molar-refractivity contribution in [3.8, 4) is 11.1 Å². The zero-order valence-corrected chi connectivity index (χ0v) is 34.2. The molecule has 0 N–H and O–H groups in total. The van der Waals surface area contributed by atoms with Crippen molar-refractivity contribution in [1.82, 2.24) is 0 Å². The Balaban J connectivity index is 0.000000586. The second kappa shape index (κ2) is 21.6. The van der Waals surface area contributed by atoms with Gasteiger partial charge in [0.15, 0.2) is 0 Å². The van der Waals surface area contributed by atoms with E-state index in [0.717, 1.165) is 6.42 Å². The molecule has 0 saturated carbocycles. The molecule has 0 heterocycles. The van der Waals surface area contributed by atoms with Crippen LogP contribution in [0.2, 0.25) is 0 Å². The van der Waals surface area contributed by atoms with Crippen molar-refractivity contribution in [3.63, 3.8) is 0 Å². The molecule has 4 aromatic rings. The third kappa shape index (κ3) is 14.8. The summed E-state index contributed by atoms with van der Waals surface area (Å²) in [6.45, 7) is 22.1. The fraction of sp³-hybridized carbons (Fsp3) is 0.341. The third-order valence-corrected chi connectivity index (χ3v) is 7.71. The predicted molar refractivity (Wildman–Crippen MR) is 208 cm³/mol. The maximum atomic E-state index is 3.37. The van der Waals surface area contributed by atoms with Gasteiger partial charge in [-0.3, -0.25) is 6.08 Å². The molecule has 1 atom stereocenters. The van der Waals surface area contributed by atoms with Crippen LogP contribution in [0.15, 0.2) is 108 Å². The van der Waals surface area contributed by atoms with E-state index in [2.05, 4.69) is 164 Å². The molecule has 3 heteroatoms. The Kier molecular flexibility index (Phi) is 20.6. The maximum Gasteiger partial charge on any atom is -0.0253 e. The summed E-state index contributed by atoms with van der Waals surface area (Å²) in [7, 11) is 0. The summed E-state index contributed by atoms with van der Waals surface area (Å²) in [6.07, 6.45) is 6.73. The molecule has 6 rings (SSSR count). The van der Waals surface area contributed by atoms with Crippen LogP contribution in [0.3, 0.4) is 0 Å². The van der Waals surface area contributed by atoms with E-state index in [-0.39, 0.29) is 35.6 Å². The Morgan fingerprint density at radius 1 is 0.702 bits per heavy atom. The first-order valence-corrected chi connectivity index (χ1v) is 17.7. The molecule has 0 saturated heterocycles. The van der Waals surface area contributed by atoms with Gasteiger partial charge in [0.25, 0.3) is 0 Å². The zero-order valence-electron chi connectivity index (χ0n) is 30.1. The van der Waals surface area contributed by atoms with E-state index >= 15 is 0 Å². The van der Waals surface area contributed by atoms with Gasteiger partial charge in [0.05, 0.1) is 0 Å². The van der Waals surface area contributed by atoms with Gasteiger partial charge in [-0.1, -0.05) is 116 Å². The SMILES string of the molecule is CC(C)(C)c1cc[c-]cc1.CC(C)(C)c1cc[c-]cc1.CC1=[C-]C(C)C=C1C(C)C.Cl.Cl.[CH2]=[Zr].[c-]1cccc2c1Cc1ccccc1-2. The largest absolute Gasteiger partial charge is 0.179 e. The van der Waals surface area contributed by atoms with Gasteiger partial charge in [0.1, 0.15) is 0 Å². The van der Waals surface area contributed by atoms with Crippen molar-refractivity contribution in [2.75, 3.05) is 0 Å². The van der Waals surface area contributed by atoms with E-state index in [9.17, 15) is 0 Å². The van der Waals surface area contributed by atoms with Crippen LogP contribution in [0.1, 0.15) is 91.5 Å². The van der Waals surface area contributed by atoms with Crippen LogP contribution in [0.5, 0.6) is 0 Å². The molecule has 252 valence electrons. The van der Waals surface area contributed by atoms with Crippen LogP contribution in [0.25, 0.3) is 11.1 Å². The minimum absolute atomic E-state index is 0. The molecule has 2 aliphatic rings. The molecular weight excluding hydrogens is 691 g/mol. The number of halogens is 2. The van der Waals surface area contributed by atoms with E-state index in [1.165, 1.54) is 68.8 Å². The Morgan fingerprint density at radius 3 is 1.55 bits per heavy atom. The van der Waals surface area contributed by atoms with E-state index < -0.39 is 0 Å². The average molecular weight is 745 g/mol. The van der Waals surface area contributed by atoms with E-state index in [0.29, 0.717) is 11.8 Å². The Hall–Kier alpha value is -2.31. The van der Waals surface area contributed by atoms with Gasteiger partial charge in [-0.2, -0.15) is 113 Å². The summed E-state index contributed by atoms with van der Waals surface area (Å²) in [5, 5.41) is 0. The molecule has 0 amide bonds. The standard InChI is InChI=1S/C13H9.C10H15.2C10H13.CH2.2ClH.Zr/c1-3-7-12-10(5-1)9-11-6-2-4-8-13(11)12;1-7(2)10-6-8(3)5-9(10)4;2*1-10(2,3)9-7-5-4-6-8-9;;;;/h1-5,7-8H,9H2;6-8H,1-4H3;2*5-8H,1-3H3;1H2;2*1H;/q4*-1;;;;. The van der Waals surface area contributed by atoms with Crippen molar-refractivity contribution >= 4 is 29.0 Å². The van der Waals surface area contributed by atoms with Crippen molar-refractivity contribution in [2.45, 2.75) is 86.5 Å². The molecule has 2 aliphatic carbocycles. The Morgan fingerprint density at radius 2 is 1.17 bits per heavy atom. The molecule has 0 aliphatic heterocycles. The number of hydrogen-bond donors (Lipinski definition) is 0.